The Morgan fingerprint density at radius 3 is 2.70 bits per heavy atom. The van der Waals surface area contributed by atoms with Gasteiger partial charge in [-0.3, -0.25) is 9.36 Å². The number of halogens is 1. The molecule has 0 radical (unpaired) electrons. The van der Waals surface area contributed by atoms with E-state index in [9.17, 15) is 4.79 Å². The van der Waals surface area contributed by atoms with Crippen molar-refractivity contribution in [3.63, 3.8) is 0 Å². The standard InChI is InChI=1S/C26H27ClN6O3S/c1-16-24(28)26(14-36-16)5-7-32(8-6-26)20-10-30-21(11-29-20)37-19-3-2-18-22(23(19)27)25(34)33(15-31-18)12-17-4-9-35-13-17/h2-4,9-11,13,15-16,24H,5-8,12,14,28H2,1H3/t16-,24+/m0/s1. The molecule has 4 aromatic rings. The Labute approximate surface area is 223 Å². The van der Waals surface area contributed by atoms with Crippen LogP contribution in [-0.4, -0.2) is 51.4 Å². The number of aromatic nitrogens is 4. The molecule has 2 fully saturated rings. The van der Waals surface area contributed by atoms with Crippen molar-refractivity contribution in [3.05, 3.63) is 70.4 Å². The normalized spacial score (nSPS) is 21.2. The van der Waals surface area contributed by atoms with Crippen LogP contribution in [-0.2, 0) is 11.3 Å². The van der Waals surface area contributed by atoms with Crippen LogP contribution in [0.15, 0.2) is 68.6 Å². The molecular formula is C26H27ClN6O3S. The molecule has 9 nitrogen and oxygen atoms in total. The van der Waals surface area contributed by atoms with Gasteiger partial charge >= 0.3 is 0 Å². The lowest BCUT2D eigenvalue weighted by molar-refractivity contribution is 0.0974. The largest absolute Gasteiger partial charge is 0.472 e. The van der Waals surface area contributed by atoms with E-state index in [1.54, 1.807) is 31.0 Å². The fraction of sp³-hybridized carbons (Fsp3) is 0.385. The van der Waals surface area contributed by atoms with Gasteiger partial charge in [0.25, 0.3) is 5.56 Å². The van der Waals surface area contributed by atoms with E-state index in [1.165, 1.54) is 22.7 Å². The molecule has 2 atom stereocenters. The third-order valence-corrected chi connectivity index (χ3v) is 9.07. The van der Waals surface area contributed by atoms with E-state index in [0.29, 0.717) is 27.5 Å². The molecule has 2 N–H and O–H groups in total. The molecule has 0 bridgehead atoms. The summed E-state index contributed by atoms with van der Waals surface area (Å²) >= 11 is 8.09. The number of ether oxygens (including phenoxy) is 1. The number of hydrogen-bond donors (Lipinski definition) is 1. The molecule has 37 heavy (non-hydrogen) atoms. The minimum absolute atomic E-state index is 0.0674. The van der Waals surface area contributed by atoms with E-state index in [1.807, 2.05) is 12.1 Å². The van der Waals surface area contributed by atoms with Crippen LogP contribution in [0.2, 0.25) is 5.02 Å². The highest BCUT2D eigenvalue weighted by atomic mass is 35.5. The summed E-state index contributed by atoms with van der Waals surface area (Å²) < 4.78 is 12.5. The van der Waals surface area contributed by atoms with Crippen LogP contribution in [0.3, 0.4) is 0 Å². The van der Waals surface area contributed by atoms with Gasteiger partial charge in [0, 0.05) is 35.0 Å². The lowest BCUT2D eigenvalue weighted by Gasteiger charge is -2.41. The molecule has 3 aromatic heterocycles. The molecule has 192 valence electrons. The van der Waals surface area contributed by atoms with Gasteiger partial charge in [0.05, 0.1) is 66.4 Å². The second kappa shape index (κ2) is 9.75. The van der Waals surface area contributed by atoms with Gasteiger partial charge in [-0.15, -0.1) is 0 Å². The summed E-state index contributed by atoms with van der Waals surface area (Å²) in [6.07, 6.45) is 10.3. The molecular weight excluding hydrogens is 512 g/mol. The number of nitrogens with zero attached hydrogens (tertiary/aromatic N) is 5. The number of hydrogen-bond acceptors (Lipinski definition) is 9. The number of rotatable bonds is 5. The summed E-state index contributed by atoms with van der Waals surface area (Å²) in [4.78, 5) is 29.9. The number of fused-ring (bicyclic) bond motifs is 1. The zero-order chi connectivity index (χ0) is 25.6. The average molecular weight is 539 g/mol. The van der Waals surface area contributed by atoms with Crippen molar-refractivity contribution < 1.29 is 9.15 Å². The van der Waals surface area contributed by atoms with E-state index in [-0.39, 0.29) is 23.1 Å². The Morgan fingerprint density at radius 2 is 2.03 bits per heavy atom. The Hall–Kier alpha value is -2.92. The molecule has 2 aliphatic heterocycles. The highest BCUT2D eigenvalue weighted by Gasteiger charge is 2.47. The van der Waals surface area contributed by atoms with E-state index in [2.05, 4.69) is 26.8 Å². The molecule has 0 saturated carbocycles. The molecule has 0 unspecified atom stereocenters. The van der Waals surface area contributed by atoms with E-state index >= 15 is 0 Å². The first kappa shape index (κ1) is 24.4. The molecule has 2 aliphatic rings. The zero-order valence-electron chi connectivity index (χ0n) is 20.3. The number of nitrogens with two attached hydrogens (primary N) is 1. The second-order valence-corrected chi connectivity index (χ2v) is 11.2. The molecule has 6 rings (SSSR count). The summed E-state index contributed by atoms with van der Waals surface area (Å²) in [5, 5.41) is 1.44. The monoisotopic (exact) mass is 538 g/mol. The van der Waals surface area contributed by atoms with Gasteiger partial charge in [-0.25, -0.2) is 15.0 Å². The van der Waals surface area contributed by atoms with Gasteiger partial charge in [-0.05, 0) is 38.0 Å². The van der Waals surface area contributed by atoms with Crippen LogP contribution in [0.5, 0.6) is 0 Å². The summed E-state index contributed by atoms with van der Waals surface area (Å²) in [7, 11) is 0. The minimum atomic E-state index is -0.204. The van der Waals surface area contributed by atoms with E-state index in [0.717, 1.165) is 48.8 Å². The molecule has 1 aromatic carbocycles. The van der Waals surface area contributed by atoms with Crippen LogP contribution >= 0.6 is 23.4 Å². The molecule has 11 heteroatoms. The maximum absolute atomic E-state index is 13.2. The second-order valence-electron chi connectivity index (χ2n) is 9.79. The average Bonchev–Trinajstić information content (AvgIpc) is 3.53. The van der Waals surface area contributed by atoms with Gasteiger partial charge in [0.1, 0.15) is 10.8 Å². The van der Waals surface area contributed by atoms with Crippen molar-refractivity contribution in [2.45, 2.75) is 48.4 Å². The van der Waals surface area contributed by atoms with Crippen molar-refractivity contribution in [1.82, 2.24) is 19.5 Å². The van der Waals surface area contributed by atoms with Crippen molar-refractivity contribution in [2.75, 3.05) is 24.6 Å². The van der Waals surface area contributed by atoms with Crippen LogP contribution in [0.4, 0.5) is 5.82 Å². The molecule has 2 saturated heterocycles. The Kier molecular flexibility index (Phi) is 6.44. The first-order chi connectivity index (χ1) is 17.9. The lowest BCUT2D eigenvalue weighted by atomic mass is 9.73. The quantitative estimate of drug-likeness (QED) is 0.403. The molecule has 1 spiro atoms. The fourth-order valence-electron chi connectivity index (χ4n) is 5.25. The summed E-state index contributed by atoms with van der Waals surface area (Å²) in [6, 6.07) is 5.55. The molecule has 0 aliphatic carbocycles. The van der Waals surface area contributed by atoms with Crippen molar-refractivity contribution >= 4 is 40.1 Å². The van der Waals surface area contributed by atoms with Gasteiger partial charge in [0.2, 0.25) is 0 Å². The summed E-state index contributed by atoms with van der Waals surface area (Å²) in [5.74, 6) is 0.843. The van der Waals surface area contributed by atoms with Crippen LogP contribution < -0.4 is 16.2 Å². The van der Waals surface area contributed by atoms with Crippen molar-refractivity contribution in [3.8, 4) is 0 Å². The first-order valence-electron chi connectivity index (χ1n) is 12.2. The number of benzene rings is 1. The highest BCUT2D eigenvalue weighted by molar-refractivity contribution is 7.99. The molecule has 0 amide bonds. The maximum atomic E-state index is 13.2. The third-order valence-electron chi connectivity index (χ3n) is 7.59. The minimum Gasteiger partial charge on any atom is -0.472 e. The van der Waals surface area contributed by atoms with Crippen LogP contribution in [0.25, 0.3) is 10.9 Å². The van der Waals surface area contributed by atoms with Crippen LogP contribution in [0.1, 0.15) is 25.3 Å². The van der Waals surface area contributed by atoms with Gasteiger partial charge < -0.3 is 19.8 Å². The molecule has 5 heterocycles. The summed E-state index contributed by atoms with van der Waals surface area (Å²) in [6.45, 7) is 4.90. The topological polar surface area (TPSA) is 112 Å². The Bertz CT molecular complexity index is 1470. The number of furan rings is 1. The van der Waals surface area contributed by atoms with Gasteiger partial charge in [-0.1, -0.05) is 23.4 Å². The highest BCUT2D eigenvalue weighted by Crippen LogP contribution is 2.42. The predicted octanol–water partition coefficient (Wildman–Crippen LogP) is 3.97. The smallest absolute Gasteiger partial charge is 0.263 e. The number of anilines is 1. The first-order valence-corrected chi connectivity index (χ1v) is 13.4. The lowest BCUT2D eigenvalue weighted by Crippen LogP contribution is -2.50. The van der Waals surface area contributed by atoms with Crippen molar-refractivity contribution in [1.29, 1.82) is 0 Å². The fourth-order valence-corrected chi connectivity index (χ4v) is 6.37. The van der Waals surface area contributed by atoms with Gasteiger partial charge in [0.15, 0.2) is 0 Å². The van der Waals surface area contributed by atoms with E-state index < -0.39 is 0 Å². The Balaban J connectivity index is 1.18. The third kappa shape index (κ3) is 4.52. The van der Waals surface area contributed by atoms with Crippen molar-refractivity contribution in [2.24, 2.45) is 11.1 Å². The zero-order valence-corrected chi connectivity index (χ0v) is 21.9. The van der Waals surface area contributed by atoms with Gasteiger partial charge in [-0.2, -0.15) is 0 Å². The maximum Gasteiger partial charge on any atom is 0.263 e. The number of piperidine rings is 1. The SMILES string of the molecule is C[C@@H]1OCC2(CCN(c3cnc(Sc4ccc5ncn(Cc6ccoc6)c(=O)c5c4Cl)cn3)CC2)[C@@H]1N. The van der Waals surface area contributed by atoms with E-state index in [4.69, 9.17) is 26.5 Å². The predicted molar refractivity (Wildman–Crippen MR) is 142 cm³/mol. The summed E-state index contributed by atoms with van der Waals surface area (Å²) in [5.41, 5.74) is 7.73. The van der Waals surface area contributed by atoms with Crippen LogP contribution in [0, 0.1) is 5.41 Å². The Morgan fingerprint density at radius 1 is 1.19 bits per heavy atom.